The van der Waals surface area contributed by atoms with Crippen LogP contribution in [0.15, 0.2) is 27.7 Å². The summed E-state index contributed by atoms with van der Waals surface area (Å²) < 4.78 is 5.68. The number of carbonyl (C=O) groups is 1. The molecule has 0 fully saturated rings. The summed E-state index contributed by atoms with van der Waals surface area (Å²) in [6, 6.07) is 3.60. The molecule has 0 radical (unpaired) electrons. The van der Waals surface area contributed by atoms with Crippen LogP contribution in [0.1, 0.15) is 68.9 Å². The largest absolute Gasteiger partial charge is 0.445 e. The quantitative estimate of drug-likeness (QED) is 0.805. The maximum absolute atomic E-state index is 12.9. The van der Waals surface area contributed by atoms with Crippen LogP contribution in [0.3, 0.4) is 0 Å². The zero-order valence-corrected chi connectivity index (χ0v) is 18.0. The van der Waals surface area contributed by atoms with Crippen LogP contribution in [0.25, 0.3) is 0 Å². The maximum Gasteiger partial charge on any atom is 0.277 e. The zero-order valence-electron chi connectivity index (χ0n) is 17.2. The number of oxazole rings is 1. The molecule has 3 N–H and O–H groups in total. The number of nitrogens with two attached hydrogens (primary N) is 1. The number of hydrogen-bond acceptors (Lipinski definition) is 7. The zero-order chi connectivity index (χ0) is 20.7. The van der Waals surface area contributed by atoms with Gasteiger partial charge in [0, 0.05) is 29.5 Å². The van der Waals surface area contributed by atoms with Crippen molar-refractivity contribution in [3.05, 3.63) is 41.4 Å². The highest BCUT2D eigenvalue weighted by atomic mass is 32.2. The molecule has 0 aliphatic carbocycles. The van der Waals surface area contributed by atoms with E-state index in [0.29, 0.717) is 33.4 Å². The molecule has 0 spiro atoms. The van der Waals surface area contributed by atoms with Gasteiger partial charge in [0.1, 0.15) is 11.3 Å². The third kappa shape index (κ3) is 4.22. The number of rotatable bonds is 3. The minimum Gasteiger partial charge on any atom is -0.445 e. The minimum absolute atomic E-state index is 0.305. The van der Waals surface area contributed by atoms with Crippen LogP contribution in [0.5, 0.6) is 0 Å². The molecule has 7 nitrogen and oxygen atoms in total. The summed E-state index contributed by atoms with van der Waals surface area (Å²) in [6.45, 7) is 11.8. The Labute approximate surface area is 169 Å². The first-order valence-corrected chi connectivity index (χ1v) is 10.1. The number of carbonyl (C=O) groups excluding carboxylic acids is 1. The fourth-order valence-electron chi connectivity index (χ4n) is 3.37. The van der Waals surface area contributed by atoms with Crippen LogP contribution in [0.4, 0.5) is 5.69 Å². The lowest BCUT2D eigenvalue weighted by molar-refractivity contribution is 0.101. The van der Waals surface area contributed by atoms with Crippen LogP contribution < -0.4 is 11.1 Å². The number of amides is 1. The van der Waals surface area contributed by atoms with E-state index in [0.717, 1.165) is 12.1 Å². The lowest BCUT2D eigenvalue weighted by Gasteiger charge is -2.32. The Morgan fingerprint density at radius 1 is 1.43 bits per heavy atom. The molecule has 0 saturated carbocycles. The van der Waals surface area contributed by atoms with Crippen molar-refractivity contribution in [1.82, 2.24) is 9.97 Å². The van der Waals surface area contributed by atoms with Gasteiger partial charge in [0.2, 0.25) is 0 Å². The molecule has 3 heterocycles. The summed E-state index contributed by atoms with van der Waals surface area (Å²) in [7, 11) is 0. The van der Waals surface area contributed by atoms with Crippen molar-refractivity contribution in [3.8, 4) is 0 Å². The Morgan fingerprint density at radius 3 is 2.79 bits per heavy atom. The smallest absolute Gasteiger partial charge is 0.277 e. The second-order valence-electron chi connectivity index (χ2n) is 8.40. The first-order chi connectivity index (χ1) is 13.0. The van der Waals surface area contributed by atoms with E-state index in [4.69, 9.17) is 10.2 Å². The number of amidine groups is 1. The van der Waals surface area contributed by atoms with Crippen molar-refractivity contribution < 1.29 is 9.21 Å². The first-order valence-electron chi connectivity index (χ1n) is 9.26. The average Bonchev–Trinajstić information content (AvgIpc) is 2.96. The van der Waals surface area contributed by atoms with E-state index in [-0.39, 0.29) is 11.3 Å². The molecule has 0 bridgehead atoms. The van der Waals surface area contributed by atoms with E-state index in [2.05, 4.69) is 27.2 Å². The third-order valence-electron chi connectivity index (χ3n) is 4.56. The van der Waals surface area contributed by atoms with Gasteiger partial charge in [0.15, 0.2) is 16.8 Å². The van der Waals surface area contributed by atoms with E-state index in [1.807, 2.05) is 33.8 Å². The normalized spacial score (nSPS) is 22.6. The summed E-state index contributed by atoms with van der Waals surface area (Å²) >= 11 is 1.57. The van der Waals surface area contributed by atoms with Crippen molar-refractivity contribution in [2.24, 2.45) is 10.7 Å². The Balaban J connectivity index is 1.88. The maximum atomic E-state index is 12.9. The van der Waals surface area contributed by atoms with Crippen LogP contribution in [0.2, 0.25) is 0 Å². The highest BCUT2D eigenvalue weighted by Crippen LogP contribution is 2.38. The van der Waals surface area contributed by atoms with Gasteiger partial charge in [-0.2, -0.15) is 0 Å². The molecule has 3 rings (SSSR count). The van der Waals surface area contributed by atoms with E-state index in [1.165, 1.54) is 0 Å². The van der Waals surface area contributed by atoms with Crippen molar-refractivity contribution in [2.75, 3.05) is 5.32 Å². The summed E-state index contributed by atoms with van der Waals surface area (Å²) in [5.41, 5.74) is 6.86. The lowest BCUT2D eigenvalue weighted by atomic mass is 9.91. The molecule has 1 aliphatic rings. The molecule has 1 aliphatic heterocycles. The van der Waals surface area contributed by atoms with Crippen molar-refractivity contribution in [3.63, 3.8) is 0 Å². The summed E-state index contributed by atoms with van der Waals surface area (Å²) in [5.74, 6) is 0.732. The molecule has 0 aromatic carbocycles. The second kappa shape index (κ2) is 7.24. The Morgan fingerprint density at radius 2 is 2.14 bits per heavy atom. The summed E-state index contributed by atoms with van der Waals surface area (Å²) in [6.07, 6.45) is 2.49. The number of pyridine rings is 1. The molecular weight excluding hydrogens is 374 g/mol. The minimum atomic E-state index is -0.517. The van der Waals surface area contributed by atoms with Gasteiger partial charge in [0.05, 0.1) is 5.69 Å². The van der Waals surface area contributed by atoms with Gasteiger partial charge in [-0.1, -0.05) is 39.5 Å². The Bertz CT molecular complexity index is 931. The number of thioether (sulfide) groups is 1. The fourth-order valence-corrected chi connectivity index (χ4v) is 4.44. The molecule has 1 amide bonds. The van der Waals surface area contributed by atoms with Crippen LogP contribution >= 0.6 is 11.8 Å². The predicted molar refractivity (Wildman–Crippen MR) is 113 cm³/mol. The molecule has 0 saturated heterocycles. The van der Waals surface area contributed by atoms with Gasteiger partial charge in [-0.25, -0.2) is 9.98 Å². The van der Waals surface area contributed by atoms with Gasteiger partial charge < -0.3 is 15.5 Å². The molecule has 2 aromatic rings. The van der Waals surface area contributed by atoms with Crippen LogP contribution in [-0.2, 0) is 11.0 Å². The topological polar surface area (TPSA) is 106 Å². The molecule has 2 aromatic heterocycles. The number of nitrogens with zero attached hydrogens (tertiary/aromatic N) is 3. The van der Waals surface area contributed by atoms with E-state index >= 15 is 0 Å². The second-order valence-corrected chi connectivity index (χ2v) is 9.86. The number of anilines is 1. The van der Waals surface area contributed by atoms with E-state index in [1.54, 1.807) is 30.9 Å². The van der Waals surface area contributed by atoms with Crippen molar-refractivity contribution >= 4 is 28.5 Å². The van der Waals surface area contributed by atoms with E-state index < -0.39 is 5.54 Å². The molecule has 2 atom stereocenters. The standard InChI is InChI=1S/C20H27N5O2S/c1-11-10-20(6,25-18(21)28-11)14-9-13(7-8-22-14)24-17(26)15-16(19(3,4)5)27-12(2)23-15/h7-9,11H,10H2,1-6H3,(H2,21,25)(H,22,24,26)/t11-,20+/m1/s1. The lowest BCUT2D eigenvalue weighted by Crippen LogP contribution is -2.33. The predicted octanol–water partition coefficient (Wildman–Crippen LogP) is 3.98. The van der Waals surface area contributed by atoms with Gasteiger partial charge in [-0.3, -0.25) is 9.78 Å². The molecule has 0 unspecified atom stereocenters. The first kappa shape index (κ1) is 20.4. The van der Waals surface area contributed by atoms with Crippen molar-refractivity contribution in [1.29, 1.82) is 0 Å². The van der Waals surface area contributed by atoms with Crippen molar-refractivity contribution in [2.45, 2.75) is 64.2 Å². The number of nitrogens with one attached hydrogen (secondary N) is 1. The van der Waals surface area contributed by atoms with Gasteiger partial charge in [0.25, 0.3) is 5.91 Å². The Kier molecular flexibility index (Phi) is 5.27. The number of aromatic nitrogens is 2. The molecule has 8 heteroatoms. The summed E-state index contributed by atoms with van der Waals surface area (Å²) in [5, 5.41) is 3.82. The highest BCUT2D eigenvalue weighted by molar-refractivity contribution is 8.14. The van der Waals surface area contributed by atoms with Gasteiger partial charge in [-0.05, 0) is 25.5 Å². The molecule has 28 heavy (non-hydrogen) atoms. The highest BCUT2D eigenvalue weighted by Gasteiger charge is 2.34. The van der Waals surface area contributed by atoms with Crippen LogP contribution in [-0.4, -0.2) is 26.3 Å². The molecule has 150 valence electrons. The monoisotopic (exact) mass is 401 g/mol. The third-order valence-corrected chi connectivity index (χ3v) is 5.47. The number of aryl methyl sites for hydroxylation is 1. The average molecular weight is 402 g/mol. The SMILES string of the molecule is Cc1nc(C(=O)Nc2ccnc([C@]3(C)C[C@@H](C)SC(N)=N3)c2)c(C(C)(C)C)o1. The fraction of sp³-hybridized carbons (Fsp3) is 0.500. The number of hydrogen-bond donors (Lipinski definition) is 2. The van der Waals surface area contributed by atoms with Gasteiger partial charge >= 0.3 is 0 Å². The number of aliphatic imine (C=N–C) groups is 1. The van der Waals surface area contributed by atoms with Crippen LogP contribution in [0, 0.1) is 6.92 Å². The summed E-state index contributed by atoms with van der Waals surface area (Å²) in [4.78, 5) is 26.3. The Hall–Kier alpha value is -2.35. The van der Waals surface area contributed by atoms with E-state index in [9.17, 15) is 4.79 Å². The van der Waals surface area contributed by atoms with Gasteiger partial charge in [-0.15, -0.1) is 0 Å². The molecular formula is C20H27N5O2S.